The Bertz CT molecular complexity index is 1570. The molecule has 0 radical (unpaired) electrons. The number of nitrogens with one attached hydrogen (secondary N) is 2. The minimum Gasteiger partial charge on any atom is -0.493 e. The molecular formula is C34H38ClF2N3O4S. The summed E-state index contributed by atoms with van der Waals surface area (Å²) in [6.45, 7) is 2.54. The maximum atomic E-state index is 16.4. The summed E-state index contributed by atoms with van der Waals surface area (Å²) >= 11 is 5.98. The number of halogens is 3. The van der Waals surface area contributed by atoms with E-state index in [4.69, 9.17) is 16.3 Å². The van der Waals surface area contributed by atoms with E-state index in [1.165, 1.54) is 72.7 Å². The van der Waals surface area contributed by atoms with E-state index in [1.54, 1.807) is 24.3 Å². The van der Waals surface area contributed by atoms with E-state index in [0.29, 0.717) is 55.0 Å². The monoisotopic (exact) mass is 657 g/mol. The first-order valence-electron chi connectivity index (χ1n) is 15.6. The lowest BCUT2D eigenvalue weighted by Crippen LogP contribution is -2.56. The van der Waals surface area contributed by atoms with Crippen LogP contribution < -0.4 is 14.8 Å². The maximum Gasteiger partial charge on any atom is 0.298 e. The fourth-order valence-corrected chi connectivity index (χ4v) is 8.01. The van der Waals surface area contributed by atoms with Crippen LogP contribution in [0.5, 0.6) is 5.75 Å². The Morgan fingerprint density at radius 2 is 1.49 bits per heavy atom. The lowest BCUT2D eigenvalue weighted by atomic mass is 9.90. The van der Waals surface area contributed by atoms with Gasteiger partial charge in [-0.15, -0.1) is 0 Å². The van der Waals surface area contributed by atoms with Gasteiger partial charge < -0.3 is 15.0 Å². The summed E-state index contributed by atoms with van der Waals surface area (Å²) in [5, 5.41) is 3.82. The van der Waals surface area contributed by atoms with Crippen molar-refractivity contribution in [3.8, 4) is 16.9 Å². The molecule has 3 fully saturated rings. The van der Waals surface area contributed by atoms with Gasteiger partial charge in [0.2, 0.25) is 15.9 Å². The van der Waals surface area contributed by atoms with E-state index < -0.39 is 33.5 Å². The Labute approximate surface area is 268 Å². The van der Waals surface area contributed by atoms with Crippen molar-refractivity contribution < 1.29 is 26.7 Å². The number of hydrogen-bond acceptors (Lipinski definition) is 5. The quantitative estimate of drug-likeness (QED) is 0.276. The van der Waals surface area contributed by atoms with Gasteiger partial charge in [-0.25, -0.2) is 8.42 Å². The Morgan fingerprint density at radius 3 is 2.09 bits per heavy atom. The van der Waals surface area contributed by atoms with Gasteiger partial charge in [0.25, 0.3) is 5.92 Å². The van der Waals surface area contributed by atoms with Crippen molar-refractivity contribution >= 4 is 27.5 Å². The molecule has 3 aromatic rings. The van der Waals surface area contributed by atoms with Crippen molar-refractivity contribution in [3.63, 3.8) is 0 Å². The van der Waals surface area contributed by atoms with E-state index in [0.717, 1.165) is 18.4 Å². The SMILES string of the molecule is O=C([C@H](NS(=O)(=O)c1ccc(OCC2CCCCC2)cc1)C(F)(F)c1ccc(-c2ccc(Cl)cc2)cc1)N1C[C@H]2CNC[C@H]2C1. The minimum atomic E-state index is -4.51. The van der Waals surface area contributed by atoms with Crippen LogP contribution in [-0.4, -0.2) is 58.1 Å². The molecule has 240 valence electrons. The molecule has 2 N–H and O–H groups in total. The van der Waals surface area contributed by atoms with E-state index >= 15 is 8.78 Å². The van der Waals surface area contributed by atoms with Gasteiger partial charge in [-0.05, 0) is 78.1 Å². The summed E-state index contributed by atoms with van der Waals surface area (Å²) in [4.78, 5) is 14.9. The van der Waals surface area contributed by atoms with Crippen molar-refractivity contribution in [2.45, 2.75) is 49.0 Å². The van der Waals surface area contributed by atoms with Gasteiger partial charge in [-0.3, -0.25) is 4.79 Å². The highest BCUT2D eigenvalue weighted by Crippen LogP contribution is 2.37. The van der Waals surface area contributed by atoms with Crippen LogP contribution in [0.1, 0.15) is 37.7 Å². The number of nitrogens with zero attached hydrogens (tertiary/aromatic N) is 1. The number of rotatable bonds is 10. The molecule has 1 amide bonds. The number of alkyl halides is 2. The summed E-state index contributed by atoms with van der Waals surface area (Å²) < 4.78 is 67.8. The zero-order valence-corrected chi connectivity index (χ0v) is 26.5. The molecule has 3 aromatic carbocycles. The highest BCUT2D eigenvalue weighted by atomic mass is 35.5. The van der Waals surface area contributed by atoms with Gasteiger partial charge in [0, 0.05) is 36.8 Å². The number of hydrogen-bond donors (Lipinski definition) is 2. The highest BCUT2D eigenvalue weighted by molar-refractivity contribution is 7.89. The summed E-state index contributed by atoms with van der Waals surface area (Å²) in [7, 11) is -4.51. The Balaban J connectivity index is 1.23. The van der Waals surface area contributed by atoms with E-state index in [2.05, 4.69) is 10.0 Å². The van der Waals surface area contributed by atoms with Gasteiger partial charge in [0.05, 0.1) is 11.5 Å². The average molecular weight is 658 g/mol. The zero-order chi connectivity index (χ0) is 31.6. The lowest BCUT2D eigenvalue weighted by molar-refractivity contribution is -0.143. The second-order valence-corrected chi connectivity index (χ2v) is 14.6. The van der Waals surface area contributed by atoms with E-state index in [1.807, 2.05) is 0 Å². The third kappa shape index (κ3) is 7.19. The van der Waals surface area contributed by atoms with Crippen molar-refractivity contribution in [3.05, 3.63) is 83.4 Å². The Hall–Kier alpha value is -3.05. The number of sulfonamides is 1. The molecule has 45 heavy (non-hydrogen) atoms. The van der Waals surface area contributed by atoms with Crippen LogP contribution in [-0.2, 0) is 20.7 Å². The molecule has 2 aliphatic heterocycles. The number of likely N-dealkylation sites (tertiary alicyclic amines) is 1. The second-order valence-electron chi connectivity index (χ2n) is 12.5. The van der Waals surface area contributed by atoms with Crippen LogP contribution in [0.25, 0.3) is 11.1 Å². The van der Waals surface area contributed by atoms with Crippen LogP contribution in [0.15, 0.2) is 77.7 Å². The zero-order valence-electron chi connectivity index (χ0n) is 24.9. The van der Waals surface area contributed by atoms with Crippen LogP contribution in [0, 0.1) is 17.8 Å². The van der Waals surface area contributed by atoms with Crippen LogP contribution in [0.2, 0.25) is 5.02 Å². The minimum absolute atomic E-state index is 0.152. The van der Waals surface area contributed by atoms with Crippen molar-refractivity contribution in [2.75, 3.05) is 32.8 Å². The van der Waals surface area contributed by atoms with Gasteiger partial charge in [0.1, 0.15) is 5.75 Å². The molecule has 0 bridgehead atoms. The standard InChI is InChI=1S/C34H38ClF2N3O4S/c35-29-12-8-25(9-13-29)24-6-10-28(11-7-24)34(36,37)32(33(41)40-20-26-18-38-19-27(26)21-40)39-45(42,43)31-16-14-30(15-17-31)44-22-23-4-2-1-3-5-23/h6-17,23,26-27,32,38-39H,1-5,18-22H2/t26-,27+,32-/m0/s1. The highest BCUT2D eigenvalue weighted by Gasteiger charge is 2.51. The predicted octanol–water partition coefficient (Wildman–Crippen LogP) is 6.08. The lowest BCUT2D eigenvalue weighted by Gasteiger charge is -2.31. The van der Waals surface area contributed by atoms with Crippen LogP contribution in [0.3, 0.4) is 0 Å². The average Bonchev–Trinajstić information content (AvgIpc) is 3.67. The van der Waals surface area contributed by atoms with E-state index in [9.17, 15) is 13.2 Å². The smallest absolute Gasteiger partial charge is 0.298 e. The molecule has 7 nitrogen and oxygen atoms in total. The molecule has 11 heteroatoms. The largest absolute Gasteiger partial charge is 0.493 e. The summed E-state index contributed by atoms with van der Waals surface area (Å²) in [5.41, 5.74) is 1.00. The second kappa shape index (κ2) is 13.4. The summed E-state index contributed by atoms with van der Waals surface area (Å²) in [5.74, 6) is -3.50. The van der Waals surface area contributed by atoms with E-state index in [-0.39, 0.29) is 16.7 Å². The van der Waals surface area contributed by atoms with Crippen LogP contribution >= 0.6 is 11.6 Å². The predicted molar refractivity (Wildman–Crippen MR) is 170 cm³/mol. The third-order valence-corrected chi connectivity index (χ3v) is 11.1. The molecule has 1 saturated carbocycles. The number of fused-ring (bicyclic) bond motifs is 1. The normalized spacial score (nSPS) is 21.4. The Morgan fingerprint density at radius 1 is 0.911 bits per heavy atom. The molecule has 3 aliphatic rings. The Kier molecular flexibility index (Phi) is 9.47. The number of carbonyl (C=O) groups is 1. The summed E-state index contributed by atoms with van der Waals surface area (Å²) in [6.07, 6.45) is 5.83. The van der Waals surface area contributed by atoms with Gasteiger partial charge in [-0.1, -0.05) is 67.3 Å². The van der Waals surface area contributed by atoms with Gasteiger partial charge in [-0.2, -0.15) is 13.5 Å². The first kappa shape index (κ1) is 31.9. The van der Waals surface area contributed by atoms with Crippen molar-refractivity contribution in [2.24, 2.45) is 17.8 Å². The first-order chi connectivity index (χ1) is 21.6. The first-order valence-corrected chi connectivity index (χ1v) is 17.5. The van der Waals surface area contributed by atoms with Crippen LogP contribution in [0.4, 0.5) is 8.78 Å². The maximum absolute atomic E-state index is 16.4. The number of ether oxygens (including phenoxy) is 1. The molecule has 0 aromatic heterocycles. The summed E-state index contributed by atoms with van der Waals surface area (Å²) in [6, 6.07) is 15.9. The number of amides is 1. The molecule has 2 heterocycles. The third-order valence-electron chi connectivity index (χ3n) is 9.38. The molecule has 6 rings (SSSR count). The van der Waals surface area contributed by atoms with Crippen molar-refractivity contribution in [1.82, 2.24) is 14.9 Å². The molecule has 0 unspecified atom stereocenters. The number of benzene rings is 3. The molecule has 2 saturated heterocycles. The van der Waals surface area contributed by atoms with Crippen molar-refractivity contribution in [1.29, 1.82) is 0 Å². The molecule has 3 atom stereocenters. The van der Waals surface area contributed by atoms with Gasteiger partial charge in [0.15, 0.2) is 6.04 Å². The number of carbonyl (C=O) groups excluding carboxylic acids is 1. The topological polar surface area (TPSA) is 87.7 Å². The fourth-order valence-electron chi connectivity index (χ4n) is 6.70. The molecule has 0 spiro atoms. The molecular weight excluding hydrogens is 620 g/mol. The van der Waals surface area contributed by atoms with Gasteiger partial charge >= 0.3 is 0 Å². The fraction of sp³-hybridized carbons (Fsp3) is 0.441. The molecule has 1 aliphatic carbocycles.